The molecule has 2 aromatic heterocycles. The maximum absolute atomic E-state index is 5.35. The first-order valence-electron chi connectivity index (χ1n) is 3.90. The van der Waals surface area contributed by atoms with Gasteiger partial charge in [-0.15, -0.1) is 5.10 Å². The molecule has 2 rings (SSSR count). The number of aromatic nitrogens is 3. The Morgan fingerprint density at radius 3 is 3.00 bits per heavy atom. The van der Waals surface area contributed by atoms with Crippen LogP contribution in [0.25, 0.3) is 0 Å². The van der Waals surface area contributed by atoms with Crippen molar-refractivity contribution in [1.82, 2.24) is 15.2 Å². The van der Waals surface area contributed by atoms with Crippen LogP contribution in [0.1, 0.15) is 5.76 Å². The number of anilines is 2. The number of hydrogen-bond donors (Lipinski definition) is 3. The van der Waals surface area contributed by atoms with Crippen molar-refractivity contribution in [3.63, 3.8) is 0 Å². The standard InChI is InChI=1S/C7H8BrN5O/c8-5-2-1-4(14-5)3-10-7-11-6(9)12-13-7/h1-2H,3H2,(H4,9,10,11,12,13). The van der Waals surface area contributed by atoms with Crippen LogP contribution in [0.3, 0.4) is 0 Å². The molecule has 6 nitrogen and oxygen atoms in total. The third-order valence-corrected chi connectivity index (χ3v) is 1.98. The van der Waals surface area contributed by atoms with Gasteiger partial charge in [0.25, 0.3) is 0 Å². The topological polar surface area (TPSA) is 92.8 Å². The molecule has 0 aromatic carbocycles. The number of halogens is 1. The van der Waals surface area contributed by atoms with Gasteiger partial charge in [0.05, 0.1) is 6.54 Å². The highest BCUT2D eigenvalue weighted by atomic mass is 79.9. The van der Waals surface area contributed by atoms with Crippen molar-refractivity contribution in [2.75, 3.05) is 11.1 Å². The molecule has 14 heavy (non-hydrogen) atoms. The Hall–Kier alpha value is -1.50. The van der Waals surface area contributed by atoms with Crippen molar-refractivity contribution in [3.05, 3.63) is 22.6 Å². The van der Waals surface area contributed by atoms with Gasteiger partial charge in [-0.2, -0.15) is 4.98 Å². The maximum Gasteiger partial charge on any atom is 0.244 e. The maximum atomic E-state index is 5.35. The zero-order valence-electron chi connectivity index (χ0n) is 7.12. The Labute approximate surface area is 88.0 Å². The van der Waals surface area contributed by atoms with E-state index < -0.39 is 0 Å². The van der Waals surface area contributed by atoms with Crippen molar-refractivity contribution in [3.8, 4) is 0 Å². The lowest BCUT2D eigenvalue weighted by molar-refractivity contribution is 0.495. The summed E-state index contributed by atoms with van der Waals surface area (Å²) in [6, 6.07) is 3.68. The first-order valence-corrected chi connectivity index (χ1v) is 4.69. The Morgan fingerprint density at radius 2 is 2.43 bits per heavy atom. The molecule has 0 unspecified atom stereocenters. The molecule has 7 heteroatoms. The minimum absolute atomic E-state index is 0.285. The van der Waals surface area contributed by atoms with Crippen molar-refractivity contribution < 1.29 is 4.42 Å². The Bertz CT molecular complexity index is 383. The lowest BCUT2D eigenvalue weighted by Gasteiger charge is -1.96. The Balaban J connectivity index is 1.94. The van der Waals surface area contributed by atoms with E-state index >= 15 is 0 Å². The van der Waals surface area contributed by atoms with Crippen molar-refractivity contribution in [1.29, 1.82) is 0 Å². The summed E-state index contributed by atoms with van der Waals surface area (Å²) in [6.45, 7) is 0.517. The Morgan fingerprint density at radius 1 is 1.57 bits per heavy atom. The predicted octanol–water partition coefficient (Wildman–Crippen LogP) is 1.35. The van der Waals surface area contributed by atoms with Crippen LogP contribution in [0.15, 0.2) is 21.2 Å². The van der Waals surface area contributed by atoms with Gasteiger partial charge in [0.15, 0.2) is 4.67 Å². The first-order chi connectivity index (χ1) is 6.74. The number of hydrogen-bond acceptors (Lipinski definition) is 5. The number of H-pyrrole nitrogens is 1. The summed E-state index contributed by atoms with van der Waals surface area (Å²) in [6.07, 6.45) is 0. The van der Waals surface area contributed by atoms with E-state index in [1.165, 1.54) is 0 Å². The molecule has 0 aliphatic carbocycles. The molecule has 0 aliphatic rings. The fourth-order valence-corrected chi connectivity index (χ4v) is 1.31. The number of furan rings is 1. The van der Waals surface area contributed by atoms with E-state index in [1.54, 1.807) is 0 Å². The van der Waals surface area contributed by atoms with E-state index in [9.17, 15) is 0 Å². The van der Waals surface area contributed by atoms with Crippen LogP contribution in [0.5, 0.6) is 0 Å². The van der Waals surface area contributed by atoms with E-state index in [0.717, 1.165) is 5.76 Å². The highest BCUT2D eigenvalue weighted by molar-refractivity contribution is 9.10. The van der Waals surface area contributed by atoms with Crippen LogP contribution in [0.4, 0.5) is 11.9 Å². The summed E-state index contributed by atoms with van der Waals surface area (Å²) in [5, 5.41) is 9.28. The molecule has 0 fully saturated rings. The molecule has 0 bridgehead atoms. The smallest absolute Gasteiger partial charge is 0.244 e. The average molecular weight is 258 g/mol. The van der Waals surface area contributed by atoms with Gasteiger partial charge >= 0.3 is 0 Å². The summed E-state index contributed by atoms with van der Waals surface area (Å²) in [4.78, 5) is 3.88. The molecule has 0 saturated carbocycles. The number of nitrogens with one attached hydrogen (secondary N) is 2. The molecule has 0 radical (unpaired) electrons. The van der Waals surface area contributed by atoms with Crippen LogP contribution < -0.4 is 11.1 Å². The summed E-state index contributed by atoms with van der Waals surface area (Å²) in [5.74, 6) is 1.53. The van der Waals surface area contributed by atoms with E-state index in [4.69, 9.17) is 10.2 Å². The zero-order valence-corrected chi connectivity index (χ0v) is 8.71. The quantitative estimate of drug-likeness (QED) is 0.772. The van der Waals surface area contributed by atoms with E-state index in [-0.39, 0.29) is 5.95 Å². The summed E-state index contributed by atoms with van der Waals surface area (Å²) in [7, 11) is 0. The Kier molecular flexibility index (Phi) is 2.40. The molecule has 2 heterocycles. The molecule has 0 atom stereocenters. The number of aromatic amines is 1. The monoisotopic (exact) mass is 257 g/mol. The first kappa shape index (κ1) is 9.07. The lowest BCUT2D eigenvalue weighted by Crippen LogP contribution is -1.99. The molecule has 0 saturated heterocycles. The number of nitrogen functional groups attached to an aromatic ring is 1. The molecule has 74 valence electrons. The summed E-state index contributed by atoms with van der Waals surface area (Å²) in [5.41, 5.74) is 5.35. The van der Waals surface area contributed by atoms with Gasteiger partial charge in [-0.25, -0.2) is 5.10 Å². The largest absolute Gasteiger partial charge is 0.452 e. The molecular formula is C7H8BrN5O. The molecule has 0 aliphatic heterocycles. The van der Waals surface area contributed by atoms with Crippen LogP contribution in [-0.2, 0) is 6.54 Å². The van der Waals surface area contributed by atoms with Crippen molar-refractivity contribution in [2.45, 2.75) is 6.54 Å². The van der Waals surface area contributed by atoms with Gasteiger partial charge in [0, 0.05) is 0 Å². The van der Waals surface area contributed by atoms with Gasteiger partial charge in [-0.3, -0.25) is 0 Å². The second-order valence-electron chi connectivity index (χ2n) is 2.60. The normalized spacial score (nSPS) is 10.4. The summed E-state index contributed by atoms with van der Waals surface area (Å²) < 4.78 is 5.97. The molecule has 2 aromatic rings. The number of nitrogens with zero attached hydrogens (tertiary/aromatic N) is 2. The fourth-order valence-electron chi connectivity index (χ4n) is 0.966. The van der Waals surface area contributed by atoms with Crippen LogP contribution in [0.2, 0.25) is 0 Å². The van der Waals surface area contributed by atoms with Crippen molar-refractivity contribution in [2.24, 2.45) is 0 Å². The molecule has 0 amide bonds. The van der Waals surface area contributed by atoms with Crippen LogP contribution in [-0.4, -0.2) is 15.2 Å². The SMILES string of the molecule is Nc1nc(NCc2ccc(Br)o2)n[nH]1. The number of rotatable bonds is 3. The third-order valence-electron chi connectivity index (χ3n) is 1.55. The number of nitrogens with two attached hydrogens (primary N) is 1. The lowest BCUT2D eigenvalue weighted by atomic mass is 10.4. The minimum atomic E-state index is 0.285. The molecular weight excluding hydrogens is 250 g/mol. The van der Waals surface area contributed by atoms with Gasteiger partial charge in [-0.05, 0) is 28.1 Å². The molecule has 0 spiro atoms. The molecule has 4 N–H and O–H groups in total. The van der Waals surface area contributed by atoms with Crippen molar-refractivity contribution >= 4 is 27.8 Å². The van der Waals surface area contributed by atoms with Crippen LogP contribution in [0, 0.1) is 0 Å². The van der Waals surface area contributed by atoms with Crippen LogP contribution >= 0.6 is 15.9 Å². The fraction of sp³-hybridized carbons (Fsp3) is 0.143. The predicted molar refractivity (Wildman–Crippen MR) is 54.5 cm³/mol. The third kappa shape index (κ3) is 2.05. The minimum Gasteiger partial charge on any atom is -0.452 e. The highest BCUT2D eigenvalue weighted by Gasteiger charge is 2.02. The average Bonchev–Trinajstić information content (AvgIpc) is 2.72. The highest BCUT2D eigenvalue weighted by Crippen LogP contribution is 2.14. The zero-order chi connectivity index (χ0) is 9.97. The van der Waals surface area contributed by atoms with Gasteiger partial charge in [0.2, 0.25) is 11.9 Å². The van der Waals surface area contributed by atoms with E-state index in [0.29, 0.717) is 17.2 Å². The van der Waals surface area contributed by atoms with E-state index in [2.05, 4.69) is 36.4 Å². The second kappa shape index (κ2) is 3.70. The second-order valence-corrected chi connectivity index (χ2v) is 3.39. The van der Waals surface area contributed by atoms with Gasteiger partial charge in [-0.1, -0.05) is 0 Å². The van der Waals surface area contributed by atoms with Gasteiger partial charge in [0.1, 0.15) is 5.76 Å². The van der Waals surface area contributed by atoms with Gasteiger partial charge < -0.3 is 15.5 Å². The van der Waals surface area contributed by atoms with E-state index in [1.807, 2.05) is 12.1 Å². The summed E-state index contributed by atoms with van der Waals surface area (Å²) >= 11 is 3.21.